The summed E-state index contributed by atoms with van der Waals surface area (Å²) in [7, 11) is -1.23. The molecule has 0 aromatic heterocycles. The molecular formula is C24H28Si. The second-order valence-corrected chi connectivity index (χ2v) is 13.7. The molecule has 2 aromatic rings. The molecule has 2 aliphatic carbocycles. The van der Waals surface area contributed by atoms with E-state index in [2.05, 4.69) is 80.3 Å². The van der Waals surface area contributed by atoms with E-state index in [1.165, 1.54) is 58.0 Å². The molecule has 0 amide bonds. The Hall–Kier alpha value is -1.86. The van der Waals surface area contributed by atoms with Crippen LogP contribution in [-0.4, -0.2) is 8.07 Å². The monoisotopic (exact) mass is 344 g/mol. The molecule has 0 atom stereocenters. The molecule has 25 heavy (non-hydrogen) atoms. The van der Waals surface area contributed by atoms with Crippen molar-refractivity contribution in [1.29, 1.82) is 0 Å². The molecule has 0 aliphatic heterocycles. The van der Waals surface area contributed by atoms with Gasteiger partial charge in [-0.1, -0.05) is 86.2 Å². The number of benzene rings is 2. The fourth-order valence-corrected chi connectivity index (χ4v) is 5.32. The van der Waals surface area contributed by atoms with Crippen molar-refractivity contribution in [3.05, 3.63) is 64.6 Å². The summed E-state index contributed by atoms with van der Waals surface area (Å²) in [5.41, 5.74) is 4.12. The predicted molar refractivity (Wildman–Crippen MR) is 113 cm³/mol. The van der Waals surface area contributed by atoms with Crippen molar-refractivity contribution in [1.82, 2.24) is 0 Å². The minimum Gasteiger partial charge on any atom is -0.0741 e. The van der Waals surface area contributed by atoms with Gasteiger partial charge < -0.3 is 0 Å². The molecule has 0 bridgehead atoms. The Morgan fingerprint density at radius 3 is 2.28 bits per heavy atom. The van der Waals surface area contributed by atoms with Crippen molar-refractivity contribution in [3.8, 4) is 11.1 Å². The summed E-state index contributed by atoms with van der Waals surface area (Å²) in [5, 5.41) is 4.30. The first-order chi connectivity index (χ1) is 12.0. The summed E-state index contributed by atoms with van der Waals surface area (Å²) in [6.07, 6.45) is 12.8. The van der Waals surface area contributed by atoms with Gasteiger partial charge in [0.15, 0.2) is 0 Å². The lowest BCUT2D eigenvalue weighted by Crippen LogP contribution is -2.37. The lowest BCUT2D eigenvalue weighted by Gasteiger charge is -2.16. The van der Waals surface area contributed by atoms with Crippen molar-refractivity contribution in [3.63, 3.8) is 0 Å². The maximum atomic E-state index is 2.51. The van der Waals surface area contributed by atoms with E-state index < -0.39 is 8.07 Å². The molecule has 2 aromatic carbocycles. The van der Waals surface area contributed by atoms with Crippen LogP contribution in [0.2, 0.25) is 19.6 Å². The average molecular weight is 345 g/mol. The first-order valence-corrected chi connectivity index (χ1v) is 13.2. The molecule has 0 saturated heterocycles. The lowest BCUT2D eigenvalue weighted by atomic mass is 10.0. The molecule has 4 rings (SSSR count). The van der Waals surface area contributed by atoms with Crippen molar-refractivity contribution in [2.45, 2.75) is 45.3 Å². The van der Waals surface area contributed by atoms with Gasteiger partial charge in [0.1, 0.15) is 0 Å². The molecule has 128 valence electrons. The van der Waals surface area contributed by atoms with Gasteiger partial charge in [0.05, 0.1) is 8.07 Å². The van der Waals surface area contributed by atoms with Gasteiger partial charge >= 0.3 is 0 Å². The van der Waals surface area contributed by atoms with Gasteiger partial charge in [-0.3, -0.25) is 0 Å². The minimum atomic E-state index is -1.23. The van der Waals surface area contributed by atoms with Crippen molar-refractivity contribution >= 4 is 25.4 Å². The van der Waals surface area contributed by atoms with Crippen molar-refractivity contribution in [2.24, 2.45) is 5.92 Å². The highest BCUT2D eigenvalue weighted by molar-refractivity contribution is 6.88. The molecule has 0 unspecified atom stereocenters. The van der Waals surface area contributed by atoms with Crippen LogP contribution in [0, 0.1) is 5.92 Å². The molecule has 0 nitrogen and oxygen atoms in total. The predicted octanol–water partition coefficient (Wildman–Crippen LogP) is 4.59. The van der Waals surface area contributed by atoms with Crippen LogP contribution in [0.4, 0.5) is 0 Å². The summed E-state index contributed by atoms with van der Waals surface area (Å²) < 4.78 is 0. The third-order valence-corrected chi connectivity index (χ3v) is 7.73. The quantitative estimate of drug-likeness (QED) is 0.715. The SMILES string of the molecule is C[Si](C)(C)c1ccc(-c2cccc3c2=CC(=CC2CCCC2)C=3)cc1. The molecule has 1 heteroatoms. The second kappa shape index (κ2) is 6.46. The van der Waals surface area contributed by atoms with Crippen LogP contribution in [0.25, 0.3) is 23.3 Å². The van der Waals surface area contributed by atoms with E-state index >= 15 is 0 Å². The van der Waals surface area contributed by atoms with Crippen molar-refractivity contribution in [2.75, 3.05) is 0 Å². The highest BCUT2D eigenvalue weighted by Crippen LogP contribution is 2.27. The summed E-state index contributed by atoms with van der Waals surface area (Å²) in [6.45, 7) is 7.22. The highest BCUT2D eigenvalue weighted by atomic mass is 28.3. The Bertz CT molecular complexity index is 918. The fraction of sp³-hybridized carbons (Fsp3) is 0.333. The lowest BCUT2D eigenvalue weighted by molar-refractivity contribution is 0.685. The van der Waals surface area contributed by atoms with Crippen molar-refractivity contribution < 1.29 is 0 Å². The smallest absolute Gasteiger partial charge is 0.0741 e. The maximum Gasteiger partial charge on any atom is 0.0775 e. The Morgan fingerprint density at radius 2 is 1.60 bits per heavy atom. The zero-order valence-corrected chi connectivity index (χ0v) is 16.7. The van der Waals surface area contributed by atoms with Gasteiger partial charge in [-0.05, 0) is 58.0 Å². The van der Waals surface area contributed by atoms with Gasteiger partial charge in [-0.2, -0.15) is 0 Å². The third-order valence-electron chi connectivity index (χ3n) is 5.66. The van der Waals surface area contributed by atoms with E-state index in [4.69, 9.17) is 0 Å². The number of hydrogen-bond donors (Lipinski definition) is 0. The van der Waals surface area contributed by atoms with Gasteiger partial charge in [-0.15, -0.1) is 0 Å². The largest absolute Gasteiger partial charge is 0.0775 e. The molecule has 0 spiro atoms. The number of hydrogen-bond acceptors (Lipinski definition) is 0. The average Bonchev–Trinajstić information content (AvgIpc) is 3.23. The van der Waals surface area contributed by atoms with Crippen LogP contribution in [0.1, 0.15) is 25.7 Å². The minimum absolute atomic E-state index is 0.788. The third kappa shape index (κ3) is 3.43. The van der Waals surface area contributed by atoms with Crippen LogP contribution in [0.15, 0.2) is 54.1 Å². The summed E-state index contributed by atoms with van der Waals surface area (Å²) >= 11 is 0. The molecule has 2 aliphatic rings. The number of allylic oxidation sites excluding steroid dienone is 2. The molecular weight excluding hydrogens is 316 g/mol. The number of fused-ring (bicyclic) bond motifs is 1. The summed E-state index contributed by atoms with van der Waals surface area (Å²) in [4.78, 5) is 0. The standard InChI is InChI=1S/C24H28Si/c1-25(2,3)22-13-11-20(12-14-22)23-10-6-9-21-16-19(17-24(21)23)15-18-7-4-5-8-18/h6,9-18H,4-5,7-8H2,1-3H3. The van der Waals surface area contributed by atoms with Crippen LogP contribution in [0.3, 0.4) is 0 Å². The molecule has 1 fully saturated rings. The first-order valence-electron chi connectivity index (χ1n) is 9.66. The van der Waals surface area contributed by atoms with E-state index in [0.717, 1.165) is 5.92 Å². The van der Waals surface area contributed by atoms with E-state index in [1.54, 1.807) is 0 Å². The fourth-order valence-electron chi connectivity index (χ4n) is 4.15. The van der Waals surface area contributed by atoms with Gasteiger partial charge in [0.2, 0.25) is 0 Å². The van der Waals surface area contributed by atoms with Gasteiger partial charge in [-0.25, -0.2) is 0 Å². The van der Waals surface area contributed by atoms with Crippen LogP contribution in [-0.2, 0) is 0 Å². The Morgan fingerprint density at radius 1 is 0.880 bits per heavy atom. The van der Waals surface area contributed by atoms with E-state index in [-0.39, 0.29) is 0 Å². The summed E-state index contributed by atoms with van der Waals surface area (Å²) in [6, 6.07) is 16.0. The maximum absolute atomic E-state index is 2.51. The van der Waals surface area contributed by atoms with Crippen LogP contribution >= 0.6 is 0 Å². The van der Waals surface area contributed by atoms with E-state index in [0.29, 0.717) is 0 Å². The van der Waals surface area contributed by atoms with Gasteiger partial charge in [0, 0.05) is 0 Å². The molecule has 1 saturated carbocycles. The van der Waals surface area contributed by atoms with Gasteiger partial charge in [0.25, 0.3) is 0 Å². The molecule has 0 N–H and O–H groups in total. The van der Waals surface area contributed by atoms with Crippen LogP contribution in [0.5, 0.6) is 0 Å². The van der Waals surface area contributed by atoms with Crippen LogP contribution < -0.4 is 15.6 Å². The summed E-state index contributed by atoms with van der Waals surface area (Å²) in [5.74, 6) is 0.788. The first kappa shape index (κ1) is 16.6. The zero-order valence-electron chi connectivity index (χ0n) is 15.7. The zero-order chi connectivity index (χ0) is 17.4. The highest BCUT2D eigenvalue weighted by Gasteiger charge is 2.16. The normalized spacial score (nSPS) is 18.9. The Labute approximate surface area is 152 Å². The Balaban J connectivity index is 1.73. The molecule has 0 heterocycles. The number of rotatable bonds is 3. The topological polar surface area (TPSA) is 0 Å². The van der Waals surface area contributed by atoms with E-state index in [9.17, 15) is 0 Å². The molecule has 0 radical (unpaired) electrons. The Kier molecular flexibility index (Phi) is 4.29. The second-order valence-electron chi connectivity index (χ2n) is 8.64. The van der Waals surface area contributed by atoms with E-state index in [1.807, 2.05) is 0 Å².